The number of hydrogen-bond donors (Lipinski definition) is 4. The van der Waals surface area contributed by atoms with Gasteiger partial charge in [-0.05, 0) is 0 Å². The van der Waals surface area contributed by atoms with E-state index in [1.807, 2.05) is 0 Å². The van der Waals surface area contributed by atoms with Crippen molar-refractivity contribution in [1.82, 2.24) is 0 Å². The third-order valence-corrected chi connectivity index (χ3v) is 0. The second kappa shape index (κ2) is 8.68. The van der Waals surface area contributed by atoms with E-state index in [-0.39, 0.29) is 52.7 Å². The van der Waals surface area contributed by atoms with Gasteiger partial charge in [0.05, 0.1) is 0 Å². The third-order valence-electron chi connectivity index (χ3n) is 0. The van der Waals surface area contributed by atoms with Crippen LogP contribution in [0.5, 0.6) is 0 Å². The van der Waals surface area contributed by atoms with Crippen molar-refractivity contribution in [2.45, 2.75) is 0 Å². The topological polar surface area (TPSA) is 80.9 Å². The molecule has 0 aliphatic heterocycles. The zero-order valence-corrected chi connectivity index (χ0v) is 6.22. The predicted octanol–water partition coefficient (Wildman–Crippen LogP) is -3.26. The van der Waals surface area contributed by atoms with Crippen molar-refractivity contribution in [3.63, 3.8) is 0 Å². The van der Waals surface area contributed by atoms with Crippen LogP contribution in [0.1, 0.15) is 0 Å². The number of hydrogen-bond acceptors (Lipinski definition) is 4. The standard InChI is InChI=1S/Co.Li.Mn.H4O4Si.H/c;;;1-5(2,3)4;/h;;;1-4H;. The van der Waals surface area contributed by atoms with Crippen molar-refractivity contribution in [2.75, 3.05) is 0 Å². The first-order valence-corrected chi connectivity index (χ1v) is 2.68. The molecular formula is H5CoLiMnO4Si. The molecule has 0 aliphatic rings. The Labute approximate surface area is 80.6 Å². The van der Waals surface area contributed by atoms with Crippen LogP contribution in [0.15, 0.2) is 0 Å². The molecule has 0 heterocycles. The van der Waals surface area contributed by atoms with E-state index in [1.54, 1.807) is 0 Å². The summed E-state index contributed by atoms with van der Waals surface area (Å²) in [5, 5.41) is 0. The third kappa shape index (κ3) is 121. The minimum Gasteiger partial charge on any atom is 0 e. The molecule has 0 atom stereocenters. The van der Waals surface area contributed by atoms with Crippen molar-refractivity contribution in [1.29, 1.82) is 0 Å². The van der Waals surface area contributed by atoms with E-state index in [2.05, 4.69) is 0 Å². The van der Waals surface area contributed by atoms with E-state index in [1.165, 1.54) is 0 Å². The van der Waals surface area contributed by atoms with Crippen LogP contribution < -0.4 is 0 Å². The molecule has 0 aromatic carbocycles. The van der Waals surface area contributed by atoms with Gasteiger partial charge in [0.1, 0.15) is 0 Å². The molecule has 4 nitrogen and oxygen atoms in total. The summed E-state index contributed by atoms with van der Waals surface area (Å²) in [7, 11) is -4.61. The Morgan fingerprint density at radius 3 is 0.875 bits per heavy atom. The number of rotatable bonds is 0. The van der Waals surface area contributed by atoms with E-state index in [4.69, 9.17) is 19.2 Å². The van der Waals surface area contributed by atoms with Gasteiger partial charge in [-0.2, -0.15) is 0 Å². The van der Waals surface area contributed by atoms with Crippen LogP contribution in [0.2, 0.25) is 0 Å². The zero-order chi connectivity index (χ0) is 4.50. The molecule has 0 bridgehead atoms. The monoisotopic (exact) mass is 218 g/mol. The van der Waals surface area contributed by atoms with Gasteiger partial charge in [0, 0.05) is 33.8 Å². The molecular weight excluding hydrogens is 213 g/mol. The minimum absolute atomic E-state index is 0. The maximum Gasteiger partial charge on any atom is 0 e. The molecule has 0 saturated carbocycles. The molecule has 2 radical (unpaired) electrons. The van der Waals surface area contributed by atoms with Crippen LogP contribution in [-0.2, 0) is 33.8 Å². The summed E-state index contributed by atoms with van der Waals surface area (Å²) in [5.74, 6) is 0. The van der Waals surface area contributed by atoms with Gasteiger partial charge in [-0.1, -0.05) is 0 Å². The van der Waals surface area contributed by atoms with E-state index in [0.717, 1.165) is 0 Å². The molecule has 0 amide bonds. The normalized spacial score (nSPS) is 7.50. The van der Waals surface area contributed by atoms with Crippen molar-refractivity contribution in [3.8, 4) is 0 Å². The second-order valence-corrected chi connectivity index (χ2v) is 1.80. The zero-order valence-electron chi connectivity index (χ0n) is 3.00. The quantitative estimate of drug-likeness (QED) is 0.322. The Morgan fingerprint density at radius 2 is 0.875 bits per heavy atom. The minimum atomic E-state index is -4.61. The van der Waals surface area contributed by atoms with Gasteiger partial charge in [0.25, 0.3) is 0 Å². The molecule has 0 aliphatic carbocycles. The first kappa shape index (κ1) is 22.6. The van der Waals surface area contributed by atoms with Crippen LogP contribution in [-0.4, -0.2) is 47.1 Å². The van der Waals surface area contributed by atoms with E-state index >= 15 is 0 Å². The summed E-state index contributed by atoms with van der Waals surface area (Å²) < 4.78 is 0. The van der Waals surface area contributed by atoms with Gasteiger partial charge < -0.3 is 19.2 Å². The predicted molar refractivity (Wildman–Crippen MR) is 21.8 cm³/mol. The van der Waals surface area contributed by atoms with Gasteiger partial charge >= 0.3 is 27.9 Å². The molecule has 50 valence electrons. The van der Waals surface area contributed by atoms with Gasteiger partial charge in [0.15, 0.2) is 0 Å². The summed E-state index contributed by atoms with van der Waals surface area (Å²) in [5.41, 5.74) is 0. The Kier molecular flexibility index (Phi) is 24.5. The van der Waals surface area contributed by atoms with Gasteiger partial charge in [-0.25, -0.2) is 0 Å². The summed E-state index contributed by atoms with van der Waals surface area (Å²) in [6.07, 6.45) is 0. The van der Waals surface area contributed by atoms with Gasteiger partial charge in [-0.3, -0.25) is 0 Å². The molecule has 0 spiro atoms. The maximum absolute atomic E-state index is 7.33. The fourth-order valence-corrected chi connectivity index (χ4v) is 0. The molecule has 0 saturated heterocycles. The summed E-state index contributed by atoms with van der Waals surface area (Å²) in [4.78, 5) is 29.3. The summed E-state index contributed by atoms with van der Waals surface area (Å²) >= 11 is 0. The average Bonchev–Trinajstić information content (AvgIpc) is 0.722. The van der Waals surface area contributed by atoms with Crippen LogP contribution >= 0.6 is 0 Å². The Morgan fingerprint density at radius 1 is 0.875 bits per heavy atom. The van der Waals surface area contributed by atoms with Crippen LogP contribution in [0, 0.1) is 0 Å². The fraction of sp³-hybridized carbons (Fsp3) is 0. The first-order chi connectivity index (χ1) is 2.00. The van der Waals surface area contributed by atoms with Gasteiger partial charge in [0.2, 0.25) is 0 Å². The van der Waals surface area contributed by atoms with Crippen LogP contribution in [0.3, 0.4) is 0 Å². The van der Waals surface area contributed by atoms with Crippen molar-refractivity contribution >= 4 is 27.9 Å². The SMILES string of the molecule is O[Si](O)(O)O.[Co].[LiH].[Mn]. The average molecular weight is 218 g/mol. The molecule has 0 aromatic heterocycles. The van der Waals surface area contributed by atoms with E-state index in [9.17, 15) is 0 Å². The van der Waals surface area contributed by atoms with Crippen molar-refractivity contribution < 1.29 is 53.0 Å². The van der Waals surface area contributed by atoms with Crippen LogP contribution in [0.4, 0.5) is 0 Å². The van der Waals surface area contributed by atoms with Gasteiger partial charge in [-0.15, -0.1) is 0 Å². The van der Waals surface area contributed by atoms with E-state index < -0.39 is 9.05 Å². The largest absolute Gasteiger partial charge is 0 e. The Balaban J connectivity index is -0.0000000267. The summed E-state index contributed by atoms with van der Waals surface area (Å²) in [6, 6.07) is 0. The molecule has 0 fully saturated rings. The smallest absolute Gasteiger partial charge is 0 e. The van der Waals surface area contributed by atoms with Crippen molar-refractivity contribution in [3.05, 3.63) is 0 Å². The second-order valence-electron chi connectivity index (χ2n) is 0.600. The van der Waals surface area contributed by atoms with Crippen molar-refractivity contribution in [2.24, 2.45) is 0 Å². The van der Waals surface area contributed by atoms with E-state index in [0.29, 0.717) is 0 Å². The molecule has 0 unspecified atom stereocenters. The molecule has 4 N–H and O–H groups in total. The Hall–Kier alpha value is 1.68. The fourth-order valence-electron chi connectivity index (χ4n) is 0. The molecule has 0 rings (SSSR count). The Bertz CT molecular complexity index is 31.5. The molecule has 0 aromatic rings. The molecule has 8 heteroatoms. The molecule has 8 heavy (non-hydrogen) atoms. The summed E-state index contributed by atoms with van der Waals surface area (Å²) in [6.45, 7) is 0. The van der Waals surface area contributed by atoms with Crippen LogP contribution in [0.25, 0.3) is 0 Å². The first-order valence-electron chi connectivity index (χ1n) is 0.894. The maximum atomic E-state index is 7.33.